The molecule has 0 radical (unpaired) electrons. The van der Waals surface area contributed by atoms with Gasteiger partial charge in [0.15, 0.2) is 0 Å². The van der Waals surface area contributed by atoms with E-state index in [-0.39, 0.29) is 12.1 Å². The first-order valence-corrected chi connectivity index (χ1v) is 10.2. The summed E-state index contributed by atoms with van der Waals surface area (Å²) in [6.07, 6.45) is 3.96. The van der Waals surface area contributed by atoms with Crippen LogP contribution >= 0.6 is 0 Å². The molecule has 0 bridgehead atoms. The van der Waals surface area contributed by atoms with Crippen molar-refractivity contribution in [3.05, 3.63) is 29.8 Å². The number of benzene rings is 1. The summed E-state index contributed by atoms with van der Waals surface area (Å²) in [6, 6.07) is 9.37. The second kappa shape index (κ2) is 8.17. The van der Waals surface area contributed by atoms with E-state index in [9.17, 15) is 4.79 Å². The van der Waals surface area contributed by atoms with Gasteiger partial charge in [0, 0.05) is 37.6 Å². The summed E-state index contributed by atoms with van der Waals surface area (Å²) in [5.74, 6) is 1.07. The number of amides is 1. The van der Waals surface area contributed by atoms with Crippen LogP contribution in [0.15, 0.2) is 24.3 Å². The summed E-state index contributed by atoms with van der Waals surface area (Å²) < 4.78 is 11.0. The van der Waals surface area contributed by atoms with Crippen LogP contribution in [0.1, 0.15) is 44.2 Å². The number of nitrogens with zero attached hydrogens (tertiary/aromatic N) is 2. The molecule has 3 saturated heterocycles. The summed E-state index contributed by atoms with van der Waals surface area (Å²) >= 11 is 0. The molecule has 1 amide bonds. The number of carbonyl (C=O) groups is 1. The van der Waals surface area contributed by atoms with Crippen LogP contribution in [0.5, 0.6) is 5.75 Å². The molecule has 1 N–H and O–H groups in total. The zero-order chi connectivity index (χ0) is 18.8. The maximum atomic E-state index is 12.5. The number of rotatable bonds is 4. The number of likely N-dealkylation sites (tertiary alicyclic amines) is 1. The van der Waals surface area contributed by atoms with Gasteiger partial charge in [-0.05, 0) is 43.9 Å². The largest absolute Gasteiger partial charge is 0.497 e. The standard InChI is InChI=1S/C21H31N3O3/c1-15-14-27-10-9-23(15)17-12-20(22-21(25)13-17)24-8-4-7-19(24)16-5-3-6-18(11-16)26-2/h3,5-6,11,15,17,19-20H,4,7-10,12-14H2,1-2H3,(H,22,25)/t15-,17?,19-,20?/m1/s1. The summed E-state index contributed by atoms with van der Waals surface area (Å²) in [4.78, 5) is 17.5. The summed E-state index contributed by atoms with van der Waals surface area (Å²) in [6.45, 7) is 5.68. The first-order valence-electron chi connectivity index (χ1n) is 10.2. The molecule has 0 aliphatic carbocycles. The lowest BCUT2D eigenvalue weighted by Gasteiger charge is -2.45. The molecule has 3 aliphatic heterocycles. The van der Waals surface area contributed by atoms with Gasteiger partial charge in [-0.15, -0.1) is 0 Å². The third-order valence-electron chi connectivity index (χ3n) is 6.31. The van der Waals surface area contributed by atoms with Crippen molar-refractivity contribution in [1.29, 1.82) is 0 Å². The van der Waals surface area contributed by atoms with Crippen LogP contribution in [0.3, 0.4) is 0 Å². The van der Waals surface area contributed by atoms with Gasteiger partial charge in [0.05, 0.1) is 26.5 Å². The van der Waals surface area contributed by atoms with Gasteiger partial charge in [0.2, 0.25) is 5.91 Å². The molecular formula is C21H31N3O3. The fourth-order valence-corrected chi connectivity index (χ4v) is 4.98. The lowest BCUT2D eigenvalue weighted by molar-refractivity contribution is -0.130. The molecule has 1 aromatic carbocycles. The van der Waals surface area contributed by atoms with Crippen molar-refractivity contribution in [1.82, 2.24) is 15.1 Å². The molecule has 6 nitrogen and oxygen atoms in total. The number of hydrogen-bond donors (Lipinski definition) is 1. The molecule has 0 saturated carbocycles. The first-order chi connectivity index (χ1) is 13.2. The average Bonchev–Trinajstić information content (AvgIpc) is 3.18. The molecule has 3 aliphatic rings. The second-order valence-corrected chi connectivity index (χ2v) is 8.01. The Bertz CT molecular complexity index is 668. The van der Waals surface area contributed by atoms with Gasteiger partial charge in [-0.2, -0.15) is 0 Å². The van der Waals surface area contributed by atoms with Gasteiger partial charge in [0.1, 0.15) is 5.75 Å². The number of nitrogens with one attached hydrogen (secondary N) is 1. The van der Waals surface area contributed by atoms with Crippen molar-refractivity contribution in [3.8, 4) is 5.75 Å². The number of hydrogen-bond acceptors (Lipinski definition) is 5. The Balaban J connectivity index is 1.51. The maximum Gasteiger partial charge on any atom is 0.222 e. The van der Waals surface area contributed by atoms with Crippen LogP contribution in [0.4, 0.5) is 0 Å². The summed E-state index contributed by atoms with van der Waals surface area (Å²) in [5.41, 5.74) is 1.28. The Hall–Kier alpha value is -1.63. The third kappa shape index (κ3) is 3.98. The van der Waals surface area contributed by atoms with Gasteiger partial charge >= 0.3 is 0 Å². The van der Waals surface area contributed by atoms with Crippen molar-refractivity contribution < 1.29 is 14.3 Å². The van der Waals surface area contributed by atoms with Crippen LogP contribution in [-0.4, -0.2) is 67.4 Å². The van der Waals surface area contributed by atoms with Gasteiger partial charge in [-0.3, -0.25) is 14.6 Å². The second-order valence-electron chi connectivity index (χ2n) is 8.01. The Labute approximate surface area is 161 Å². The van der Waals surface area contributed by atoms with Crippen molar-refractivity contribution in [2.75, 3.05) is 33.4 Å². The van der Waals surface area contributed by atoms with Crippen LogP contribution < -0.4 is 10.1 Å². The molecule has 1 aromatic rings. The molecule has 4 rings (SSSR count). The van der Waals surface area contributed by atoms with Crippen LogP contribution in [0.2, 0.25) is 0 Å². The van der Waals surface area contributed by atoms with Crippen LogP contribution in [-0.2, 0) is 9.53 Å². The topological polar surface area (TPSA) is 54.0 Å². The van der Waals surface area contributed by atoms with Crippen LogP contribution in [0, 0.1) is 0 Å². The monoisotopic (exact) mass is 373 g/mol. The summed E-state index contributed by atoms with van der Waals surface area (Å²) in [7, 11) is 1.71. The molecule has 2 unspecified atom stereocenters. The number of ether oxygens (including phenoxy) is 2. The number of morpholine rings is 1. The normalized spacial score (nSPS) is 33.0. The van der Waals surface area contributed by atoms with Gasteiger partial charge in [-0.1, -0.05) is 12.1 Å². The molecule has 3 fully saturated rings. The zero-order valence-corrected chi connectivity index (χ0v) is 16.4. The Morgan fingerprint density at radius 2 is 2.15 bits per heavy atom. The number of piperidine rings is 1. The predicted octanol–water partition coefficient (Wildman–Crippen LogP) is 2.16. The van der Waals surface area contributed by atoms with Crippen molar-refractivity contribution in [2.24, 2.45) is 0 Å². The Morgan fingerprint density at radius 3 is 2.96 bits per heavy atom. The van der Waals surface area contributed by atoms with Crippen molar-refractivity contribution in [3.63, 3.8) is 0 Å². The number of methoxy groups -OCH3 is 1. The molecule has 0 spiro atoms. The van der Waals surface area contributed by atoms with E-state index < -0.39 is 0 Å². The highest BCUT2D eigenvalue weighted by Gasteiger charge is 2.39. The Morgan fingerprint density at radius 1 is 1.26 bits per heavy atom. The minimum atomic E-state index is 0.102. The van der Waals surface area contributed by atoms with E-state index >= 15 is 0 Å². The summed E-state index contributed by atoms with van der Waals surface area (Å²) in [5, 5.41) is 3.27. The zero-order valence-electron chi connectivity index (χ0n) is 16.4. The lowest BCUT2D eigenvalue weighted by Crippen LogP contribution is -2.59. The van der Waals surface area contributed by atoms with E-state index in [0.29, 0.717) is 24.5 Å². The van der Waals surface area contributed by atoms with Gasteiger partial charge < -0.3 is 14.8 Å². The minimum absolute atomic E-state index is 0.102. The van der Waals surface area contributed by atoms with E-state index in [1.54, 1.807) is 7.11 Å². The highest BCUT2D eigenvalue weighted by molar-refractivity contribution is 5.77. The molecule has 4 atom stereocenters. The number of carbonyl (C=O) groups excluding carboxylic acids is 1. The van der Waals surface area contributed by atoms with E-state index in [0.717, 1.165) is 51.3 Å². The molecule has 6 heteroatoms. The molecule has 148 valence electrons. The third-order valence-corrected chi connectivity index (χ3v) is 6.31. The average molecular weight is 373 g/mol. The van der Waals surface area contributed by atoms with E-state index in [2.05, 4.69) is 40.2 Å². The van der Waals surface area contributed by atoms with Crippen molar-refractivity contribution in [2.45, 2.75) is 56.9 Å². The highest BCUT2D eigenvalue weighted by Crippen LogP contribution is 2.36. The SMILES string of the molecule is COc1cccc([C@H]2CCCN2C2CC(N3CCOC[C@H]3C)CC(=O)N2)c1. The predicted molar refractivity (Wildman–Crippen MR) is 104 cm³/mol. The fraction of sp³-hybridized carbons (Fsp3) is 0.667. The fourth-order valence-electron chi connectivity index (χ4n) is 4.98. The van der Waals surface area contributed by atoms with E-state index in [4.69, 9.17) is 9.47 Å². The quantitative estimate of drug-likeness (QED) is 0.877. The van der Waals surface area contributed by atoms with E-state index in [1.807, 2.05) is 6.07 Å². The van der Waals surface area contributed by atoms with Crippen LogP contribution in [0.25, 0.3) is 0 Å². The molecule has 0 aromatic heterocycles. The Kier molecular flexibility index (Phi) is 5.66. The maximum absolute atomic E-state index is 12.5. The van der Waals surface area contributed by atoms with Gasteiger partial charge in [0.25, 0.3) is 0 Å². The highest BCUT2D eigenvalue weighted by atomic mass is 16.5. The van der Waals surface area contributed by atoms with Crippen molar-refractivity contribution >= 4 is 5.91 Å². The molecule has 3 heterocycles. The molecular weight excluding hydrogens is 342 g/mol. The van der Waals surface area contributed by atoms with E-state index in [1.165, 1.54) is 5.56 Å². The first kappa shape index (κ1) is 18.7. The minimum Gasteiger partial charge on any atom is -0.497 e. The smallest absolute Gasteiger partial charge is 0.222 e. The van der Waals surface area contributed by atoms with Gasteiger partial charge in [-0.25, -0.2) is 0 Å². The molecule has 27 heavy (non-hydrogen) atoms. The lowest BCUT2D eigenvalue weighted by atomic mass is 9.97.